The number of ether oxygens (including phenoxy) is 1. The predicted octanol–water partition coefficient (Wildman–Crippen LogP) is 1.77. The molecule has 1 fully saturated rings. The molecule has 3 amide bonds. The number of allylic oxidation sites excluding steroid dienone is 2. The number of fused-ring (bicyclic) bond motifs is 1. The highest BCUT2D eigenvalue weighted by atomic mass is 16.5. The zero-order valence-corrected chi connectivity index (χ0v) is 16.1. The van der Waals surface area contributed by atoms with E-state index in [0.717, 1.165) is 4.90 Å². The number of nitriles is 1. The summed E-state index contributed by atoms with van der Waals surface area (Å²) in [5.74, 6) is -3.10. The average molecular weight is 395 g/mol. The largest absolute Gasteiger partial charge is 0.451 e. The zero-order valence-electron chi connectivity index (χ0n) is 16.1. The van der Waals surface area contributed by atoms with Crippen LogP contribution < -0.4 is 5.32 Å². The Labute approximate surface area is 168 Å². The Morgan fingerprint density at radius 2 is 1.72 bits per heavy atom. The fourth-order valence-corrected chi connectivity index (χ4v) is 3.56. The Morgan fingerprint density at radius 1 is 1.14 bits per heavy atom. The summed E-state index contributed by atoms with van der Waals surface area (Å²) in [5.41, 5.74) is 0.578. The number of para-hydroxylation sites is 1. The average Bonchev–Trinajstić information content (AvgIpc) is 2.98. The van der Waals surface area contributed by atoms with Crippen molar-refractivity contribution in [2.45, 2.75) is 38.8 Å². The maximum absolute atomic E-state index is 12.6. The topological polar surface area (TPSA) is 117 Å². The monoisotopic (exact) mass is 395 g/mol. The third kappa shape index (κ3) is 3.90. The van der Waals surface area contributed by atoms with Crippen molar-refractivity contribution in [3.05, 3.63) is 42.0 Å². The first-order valence-corrected chi connectivity index (χ1v) is 9.37. The summed E-state index contributed by atoms with van der Waals surface area (Å²) >= 11 is 0. The SMILES string of the molecule is CC(OC(=O)C(C)N1C(=O)C2CC=CCC2C1=O)C(=O)Nc1ccccc1C#N. The molecule has 1 aliphatic heterocycles. The lowest BCUT2D eigenvalue weighted by Crippen LogP contribution is -2.46. The molecule has 1 heterocycles. The fraction of sp³-hybridized carbons (Fsp3) is 0.381. The number of rotatable bonds is 5. The minimum absolute atomic E-state index is 0.275. The van der Waals surface area contributed by atoms with Gasteiger partial charge in [0.2, 0.25) is 11.8 Å². The molecule has 8 nitrogen and oxygen atoms in total. The van der Waals surface area contributed by atoms with E-state index >= 15 is 0 Å². The molecule has 3 rings (SSSR count). The minimum atomic E-state index is -1.17. The lowest BCUT2D eigenvalue weighted by atomic mass is 9.85. The number of carbonyl (C=O) groups is 4. The lowest BCUT2D eigenvalue weighted by molar-refractivity contribution is -0.163. The zero-order chi connectivity index (χ0) is 21.1. The van der Waals surface area contributed by atoms with Crippen LogP contribution in [0.5, 0.6) is 0 Å². The molecule has 1 saturated heterocycles. The fourth-order valence-electron chi connectivity index (χ4n) is 3.56. The van der Waals surface area contributed by atoms with Crippen LogP contribution >= 0.6 is 0 Å². The van der Waals surface area contributed by atoms with E-state index in [1.54, 1.807) is 24.3 Å². The van der Waals surface area contributed by atoms with Crippen LogP contribution in [0, 0.1) is 23.2 Å². The van der Waals surface area contributed by atoms with E-state index in [2.05, 4.69) is 5.32 Å². The Morgan fingerprint density at radius 3 is 2.31 bits per heavy atom. The molecule has 150 valence electrons. The molecule has 1 aromatic carbocycles. The van der Waals surface area contributed by atoms with Crippen molar-refractivity contribution in [1.29, 1.82) is 5.26 Å². The molecule has 4 unspecified atom stereocenters. The van der Waals surface area contributed by atoms with Crippen LogP contribution in [0.25, 0.3) is 0 Å². The third-order valence-corrected chi connectivity index (χ3v) is 5.24. The quantitative estimate of drug-likeness (QED) is 0.461. The summed E-state index contributed by atoms with van der Waals surface area (Å²) in [6.45, 7) is 2.80. The Balaban J connectivity index is 1.63. The molecule has 8 heteroatoms. The summed E-state index contributed by atoms with van der Waals surface area (Å²) in [7, 11) is 0. The standard InChI is InChI=1S/C21H21N3O5/c1-12(24-19(26)15-8-4-5-9-16(15)20(24)27)21(28)29-13(2)18(25)23-17-10-6-3-7-14(17)11-22/h3-7,10,12-13,15-16H,8-9H2,1-2H3,(H,23,25). The van der Waals surface area contributed by atoms with Gasteiger partial charge < -0.3 is 10.1 Å². The van der Waals surface area contributed by atoms with Gasteiger partial charge in [0.05, 0.1) is 23.1 Å². The first-order chi connectivity index (χ1) is 13.8. The number of likely N-dealkylation sites (tertiary alicyclic amines) is 1. The van der Waals surface area contributed by atoms with Crippen molar-refractivity contribution in [3.8, 4) is 6.07 Å². The normalized spacial score (nSPS) is 22.4. The van der Waals surface area contributed by atoms with Crippen LogP contribution in [0.1, 0.15) is 32.3 Å². The molecule has 4 atom stereocenters. The third-order valence-electron chi connectivity index (χ3n) is 5.24. The smallest absolute Gasteiger partial charge is 0.329 e. The van der Waals surface area contributed by atoms with E-state index in [-0.39, 0.29) is 17.4 Å². The van der Waals surface area contributed by atoms with E-state index in [1.807, 2.05) is 18.2 Å². The molecule has 0 aromatic heterocycles. The van der Waals surface area contributed by atoms with Crippen LogP contribution in [-0.4, -0.2) is 40.7 Å². The van der Waals surface area contributed by atoms with Crippen molar-refractivity contribution < 1.29 is 23.9 Å². The second-order valence-electron chi connectivity index (χ2n) is 7.10. The highest BCUT2D eigenvalue weighted by Crippen LogP contribution is 2.36. The van der Waals surface area contributed by atoms with Gasteiger partial charge in [-0.3, -0.25) is 19.3 Å². The molecule has 0 radical (unpaired) electrons. The molecule has 0 saturated carbocycles. The van der Waals surface area contributed by atoms with Gasteiger partial charge in [0.25, 0.3) is 5.91 Å². The van der Waals surface area contributed by atoms with Crippen molar-refractivity contribution >= 4 is 29.4 Å². The summed E-state index contributed by atoms with van der Waals surface area (Å²) in [6.07, 6.45) is 3.51. The van der Waals surface area contributed by atoms with Gasteiger partial charge in [-0.2, -0.15) is 5.26 Å². The van der Waals surface area contributed by atoms with E-state index in [0.29, 0.717) is 18.5 Å². The minimum Gasteiger partial charge on any atom is -0.451 e. The number of amides is 3. The van der Waals surface area contributed by atoms with Crippen LogP contribution in [0.15, 0.2) is 36.4 Å². The maximum Gasteiger partial charge on any atom is 0.329 e. The number of imide groups is 1. The van der Waals surface area contributed by atoms with E-state index in [4.69, 9.17) is 10.00 Å². The molecule has 0 spiro atoms. The number of esters is 1. The van der Waals surface area contributed by atoms with Crippen LogP contribution in [0.3, 0.4) is 0 Å². The van der Waals surface area contributed by atoms with Crippen molar-refractivity contribution in [1.82, 2.24) is 4.90 Å². The highest BCUT2D eigenvalue weighted by Gasteiger charge is 2.50. The van der Waals surface area contributed by atoms with Gasteiger partial charge in [0.15, 0.2) is 6.10 Å². The maximum atomic E-state index is 12.6. The molecule has 1 N–H and O–H groups in total. The molecular formula is C21H21N3O5. The highest BCUT2D eigenvalue weighted by molar-refractivity contribution is 6.08. The number of nitrogens with zero attached hydrogens (tertiary/aromatic N) is 2. The Hall–Kier alpha value is -3.47. The second-order valence-corrected chi connectivity index (χ2v) is 7.10. The van der Waals surface area contributed by atoms with Crippen molar-refractivity contribution in [2.75, 3.05) is 5.32 Å². The van der Waals surface area contributed by atoms with Gasteiger partial charge in [-0.25, -0.2) is 4.79 Å². The number of benzene rings is 1. The summed E-state index contributed by atoms with van der Waals surface area (Å²) in [6, 6.07) is 7.27. The molecule has 1 aliphatic carbocycles. The van der Waals surface area contributed by atoms with Crippen LogP contribution in [0.2, 0.25) is 0 Å². The molecule has 0 bridgehead atoms. The summed E-state index contributed by atoms with van der Waals surface area (Å²) in [4.78, 5) is 51.0. The number of anilines is 1. The van der Waals surface area contributed by atoms with Gasteiger partial charge in [0, 0.05) is 0 Å². The van der Waals surface area contributed by atoms with E-state index < -0.39 is 35.9 Å². The number of hydrogen-bond donors (Lipinski definition) is 1. The molecule has 1 aromatic rings. The number of carbonyl (C=O) groups excluding carboxylic acids is 4. The van der Waals surface area contributed by atoms with E-state index in [1.165, 1.54) is 13.8 Å². The van der Waals surface area contributed by atoms with Gasteiger partial charge >= 0.3 is 5.97 Å². The molecule has 2 aliphatic rings. The van der Waals surface area contributed by atoms with Crippen LogP contribution in [0.4, 0.5) is 5.69 Å². The number of nitrogens with one attached hydrogen (secondary N) is 1. The van der Waals surface area contributed by atoms with Gasteiger partial charge in [-0.15, -0.1) is 0 Å². The molecular weight excluding hydrogens is 374 g/mol. The number of hydrogen-bond acceptors (Lipinski definition) is 6. The lowest BCUT2D eigenvalue weighted by Gasteiger charge is -2.23. The predicted molar refractivity (Wildman–Crippen MR) is 102 cm³/mol. The van der Waals surface area contributed by atoms with Crippen molar-refractivity contribution in [3.63, 3.8) is 0 Å². The molecule has 29 heavy (non-hydrogen) atoms. The van der Waals surface area contributed by atoms with Gasteiger partial charge in [-0.1, -0.05) is 24.3 Å². The Bertz CT molecular complexity index is 906. The first-order valence-electron chi connectivity index (χ1n) is 9.37. The Kier molecular flexibility index (Phi) is 5.78. The van der Waals surface area contributed by atoms with Crippen LogP contribution in [-0.2, 0) is 23.9 Å². The van der Waals surface area contributed by atoms with Crippen molar-refractivity contribution in [2.24, 2.45) is 11.8 Å². The summed E-state index contributed by atoms with van der Waals surface area (Å²) < 4.78 is 5.19. The second kappa shape index (κ2) is 8.27. The summed E-state index contributed by atoms with van der Waals surface area (Å²) in [5, 5.41) is 11.6. The first kappa shape index (κ1) is 20.3. The van der Waals surface area contributed by atoms with Gasteiger partial charge in [0.1, 0.15) is 12.1 Å². The van der Waals surface area contributed by atoms with E-state index in [9.17, 15) is 19.2 Å². The van der Waals surface area contributed by atoms with Gasteiger partial charge in [-0.05, 0) is 38.8 Å².